The fourth-order valence-corrected chi connectivity index (χ4v) is 3.04. The van der Waals surface area contributed by atoms with Crippen LogP contribution in [0.15, 0.2) is 30.3 Å². The second kappa shape index (κ2) is 5.07. The lowest BCUT2D eigenvalue weighted by molar-refractivity contribution is 0.0727. The minimum Gasteiger partial charge on any atom is -0.337 e. The molecule has 1 atom stereocenters. The van der Waals surface area contributed by atoms with Crippen LogP contribution < -0.4 is 5.14 Å². The van der Waals surface area contributed by atoms with Gasteiger partial charge in [-0.05, 0) is 25.0 Å². The molecule has 1 aromatic carbocycles. The molecule has 1 aromatic rings. The standard InChI is InChI=1S/C12H16N2O3S/c13-18(16,17)11-7-4-8-14(9-11)12(15)10-5-2-1-3-6-10/h1-3,5-6,11H,4,7-9H2,(H2,13,16,17). The highest BCUT2D eigenvalue weighted by molar-refractivity contribution is 7.89. The molecule has 0 spiro atoms. The molecular formula is C12H16N2O3S. The van der Waals surface area contributed by atoms with Gasteiger partial charge in [-0.25, -0.2) is 13.6 Å². The van der Waals surface area contributed by atoms with Crippen LogP contribution in [0.4, 0.5) is 0 Å². The van der Waals surface area contributed by atoms with E-state index in [2.05, 4.69) is 0 Å². The number of sulfonamides is 1. The van der Waals surface area contributed by atoms with Gasteiger partial charge in [0, 0.05) is 18.7 Å². The van der Waals surface area contributed by atoms with Crippen LogP contribution in [0.1, 0.15) is 23.2 Å². The molecule has 1 unspecified atom stereocenters. The molecule has 1 heterocycles. The van der Waals surface area contributed by atoms with E-state index in [1.54, 1.807) is 29.2 Å². The van der Waals surface area contributed by atoms with Gasteiger partial charge in [0.2, 0.25) is 10.0 Å². The molecule has 1 saturated heterocycles. The number of amides is 1. The zero-order valence-corrected chi connectivity index (χ0v) is 10.8. The third-order valence-electron chi connectivity index (χ3n) is 3.15. The molecule has 98 valence electrons. The average molecular weight is 268 g/mol. The van der Waals surface area contributed by atoms with Gasteiger partial charge < -0.3 is 4.90 Å². The first-order chi connectivity index (χ1) is 8.48. The first-order valence-electron chi connectivity index (χ1n) is 5.84. The molecule has 2 rings (SSSR count). The third kappa shape index (κ3) is 2.88. The maximum atomic E-state index is 12.2. The van der Waals surface area contributed by atoms with Crippen molar-refractivity contribution in [3.63, 3.8) is 0 Å². The summed E-state index contributed by atoms with van der Waals surface area (Å²) in [6, 6.07) is 8.86. The highest BCUT2D eigenvalue weighted by atomic mass is 32.2. The van der Waals surface area contributed by atoms with Gasteiger partial charge in [0.25, 0.3) is 5.91 Å². The van der Waals surface area contributed by atoms with Crippen molar-refractivity contribution in [2.75, 3.05) is 13.1 Å². The van der Waals surface area contributed by atoms with Crippen molar-refractivity contribution in [3.05, 3.63) is 35.9 Å². The summed E-state index contributed by atoms with van der Waals surface area (Å²) in [5, 5.41) is 4.51. The van der Waals surface area contributed by atoms with Crippen molar-refractivity contribution in [1.29, 1.82) is 0 Å². The first kappa shape index (κ1) is 13.0. The number of carbonyl (C=O) groups excluding carboxylic acids is 1. The Hall–Kier alpha value is -1.40. The molecule has 2 N–H and O–H groups in total. The number of hydrogen-bond donors (Lipinski definition) is 1. The van der Waals surface area contributed by atoms with Crippen molar-refractivity contribution >= 4 is 15.9 Å². The first-order valence-corrected chi connectivity index (χ1v) is 7.45. The highest BCUT2D eigenvalue weighted by Crippen LogP contribution is 2.17. The van der Waals surface area contributed by atoms with Crippen molar-refractivity contribution in [3.8, 4) is 0 Å². The Labute approximate surface area is 107 Å². The maximum absolute atomic E-state index is 12.2. The summed E-state index contributed by atoms with van der Waals surface area (Å²) >= 11 is 0. The Morgan fingerprint density at radius 2 is 1.94 bits per heavy atom. The number of carbonyl (C=O) groups is 1. The minimum absolute atomic E-state index is 0.135. The number of rotatable bonds is 2. The monoisotopic (exact) mass is 268 g/mol. The van der Waals surface area contributed by atoms with Crippen LogP contribution in [0.3, 0.4) is 0 Å². The molecule has 0 aromatic heterocycles. The zero-order chi connectivity index (χ0) is 13.2. The SMILES string of the molecule is NS(=O)(=O)C1CCCN(C(=O)c2ccccc2)C1. The van der Waals surface area contributed by atoms with Crippen molar-refractivity contribution < 1.29 is 13.2 Å². The van der Waals surface area contributed by atoms with Crippen molar-refractivity contribution in [2.24, 2.45) is 5.14 Å². The van der Waals surface area contributed by atoms with Gasteiger partial charge in [-0.1, -0.05) is 18.2 Å². The smallest absolute Gasteiger partial charge is 0.253 e. The lowest BCUT2D eigenvalue weighted by Gasteiger charge is -2.31. The maximum Gasteiger partial charge on any atom is 0.253 e. The fraction of sp³-hybridized carbons (Fsp3) is 0.417. The van der Waals surface area contributed by atoms with Gasteiger partial charge in [-0.15, -0.1) is 0 Å². The average Bonchev–Trinajstić information content (AvgIpc) is 2.38. The van der Waals surface area contributed by atoms with Crippen LogP contribution >= 0.6 is 0 Å². The number of nitrogens with two attached hydrogens (primary N) is 1. The van der Waals surface area contributed by atoms with Gasteiger partial charge in [0.15, 0.2) is 0 Å². The van der Waals surface area contributed by atoms with Crippen LogP contribution in [0, 0.1) is 0 Å². The van der Waals surface area contributed by atoms with E-state index in [9.17, 15) is 13.2 Å². The Morgan fingerprint density at radius 3 is 2.56 bits per heavy atom. The number of nitrogens with zero attached hydrogens (tertiary/aromatic N) is 1. The van der Waals surface area contributed by atoms with Gasteiger partial charge in [0.05, 0.1) is 5.25 Å². The largest absolute Gasteiger partial charge is 0.337 e. The molecule has 1 amide bonds. The number of piperidine rings is 1. The van der Waals surface area contributed by atoms with E-state index in [1.807, 2.05) is 6.07 Å². The van der Waals surface area contributed by atoms with Gasteiger partial charge in [-0.2, -0.15) is 0 Å². The summed E-state index contributed by atoms with van der Waals surface area (Å²) in [4.78, 5) is 13.7. The Bertz CT molecular complexity index is 528. The van der Waals surface area contributed by atoms with E-state index in [0.29, 0.717) is 24.9 Å². The van der Waals surface area contributed by atoms with E-state index in [4.69, 9.17) is 5.14 Å². The molecule has 6 heteroatoms. The van der Waals surface area contributed by atoms with E-state index < -0.39 is 15.3 Å². The summed E-state index contributed by atoms with van der Waals surface area (Å²) < 4.78 is 22.7. The predicted octanol–water partition coefficient (Wildman–Crippen LogP) is 0.580. The number of likely N-dealkylation sites (tertiary alicyclic amines) is 1. The normalized spacial score (nSPS) is 20.7. The topological polar surface area (TPSA) is 80.5 Å². The van der Waals surface area contributed by atoms with E-state index >= 15 is 0 Å². The second-order valence-electron chi connectivity index (χ2n) is 4.47. The Morgan fingerprint density at radius 1 is 1.28 bits per heavy atom. The molecule has 1 aliphatic rings. The van der Waals surface area contributed by atoms with Gasteiger partial charge in [0.1, 0.15) is 0 Å². The zero-order valence-electron chi connectivity index (χ0n) is 9.95. The molecule has 18 heavy (non-hydrogen) atoms. The number of primary sulfonamides is 1. The molecular weight excluding hydrogens is 252 g/mol. The lowest BCUT2D eigenvalue weighted by Crippen LogP contribution is -2.47. The van der Waals surface area contributed by atoms with Crippen molar-refractivity contribution in [1.82, 2.24) is 4.90 Å². The predicted molar refractivity (Wildman–Crippen MR) is 68.5 cm³/mol. The quantitative estimate of drug-likeness (QED) is 0.852. The summed E-state index contributed by atoms with van der Waals surface area (Å²) in [6.07, 6.45) is 1.19. The van der Waals surface area contributed by atoms with Crippen LogP contribution in [0.2, 0.25) is 0 Å². The molecule has 0 bridgehead atoms. The van der Waals surface area contributed by atoms with Crippen LogP contribution in [-0.2, 0) is 10.0 Å². The molecule has 1 fully saturated rings. The Balaban J connectivity index is 2.13. The molecule has 0 radical (unpaired) electrons. The number of benzene rings is 1. The molecule has 0 aliphatic carbocycles. The minimum atomic E-state index is -3.57. The van der Waals surface area contributed by atoms with E-state index in [0.717, 1.165) is 0 Å². The van der Waals surface area contributed by atoms with Gasteiger partial charge >= 0.3 is 0 Å². The summed E-state index contributed by atoms with van der Waals surface area (Å²) in [5.74, 6) is -0.135. The van der Waals surface area contributed by atoms with E-state index in [1.165, 1.54) is 0 Å². The van der Waals surface area contributed by atoms with Crippen LogP contribution in [0.5, 0.6) is 0 Å². The van der Waals surface area contributed by atoms with E-state index in [-0.39, 0.29) is 12.5 Å². The lowest BCUT2D eigenvalue weighted by atomic mass is 10.1. The van der Waals surface area contributed by atoms with Crippen LogP contribution in [0.25, 0.3) is 0 Å². The van der Waals surface area contributed by atoms with Crippen LogP contribution in [-0.4, -0.2) is 37.6 Å². The van der Waals surface area contributed by atoms with Crippen molar-refractivity contribution in [2.45, 2.75) is 18.1 Å². The molecule has 1 aliphatic heterocycles. The summed E-state index contributed by atoms with van der Waals surface area (Å²) in [7, 11) is -3.57. The summed E-state index contributed by atoms with van der Waals surface area (Å²) in [6.45, 7) is 0.770. The molecule has 5 nitrogen and oxygen atoms in total. The molecule has 0 saturated carbocycles. The highest BCUT2D eigenvalue weighted by Gasteiger charge is 2.30. The summed E-state index contributed by atoms with van der Waals surface area (Å²) in [5.41, 5.74) is 0.576. The number of hydrogen-bond acceptors (Lipinski definition) is 3. The third-order valence-corrected chi connectivity index (χ3v) is 4.46. The van der Waals surface area contributed by atoms with Gasteiger partial charge in [-0.3, -0.25) is 4.79 Å². The Kier molecular flexibility index (Phi) is 3.68. The fourth-order valence-electron chi connectivity index (χ4n) is 2.15. The second-order valence-corrected chi connectivity index (χ2v) is 6.32.